The largest absolute Gasteiger partial charge is 0.459 e. The van der Waals surface area contributed by atoms with Crippen LogP contribution < -0.4 is 16.0 Å². The molecule has 25 heavy (non-hydrogen) atoms. The molecule has 1 aliphatic carbocycles. The summed E-state index contributed by atoms with van der Waals surface area (Å²) in [6.07, 6.45) is 3.87. The average Bonchev–Trinajstić information content (AvgIpc) is 3.08. The smallest absolute Gasteiger partial charge is 0.319 e. The van der Waals surface area contributed by atoms with Crippen LogP contribution in [0, 0.1) is 6.92 Å². The van der Waals surface area contributed by atoms with Crippen molar-refractivity contribution in [2.75, 3.05) is 17.2 Å². The SMILES string of the molecule is Cc1cc(NC(=O)NCC2(O)CCC2)ccc1NC(=O)c1ccco1. The number of hydrogen-bond donors (Lipinski definition) is 4. The average molecular weight is 343 g/mol. The van der Waals surface area contributed by atoms with Gasteiger partial charge in [-0.05, 0) is 62.1 Å². The molecule has 0 saturated heterocycles. The summed E-state index contributed by atoms with van der Waals surface area (Å²) >= 11 is 0. The van der Waals surface area contributed by atoms with Crippen LogP contribution in [0.1, 0.15) is 35.4 Å². The Bertz CT molecular complexity index is 767. The highest BCUT2D eigenvalue weighted by Crippen LogP contribution is 2.30. The lowest BCUT2D eigenvalue weighted by molar-refractivity contribution is -0.0287. The van der Waals surface area contributed by atoms with Crippen LogP contribution in [-0.4, -0.2) is 29.2 Å². The summed E-state index contributed by atoms with van der Waals surface area (Å²) < 4.78 is 5.05. The molecule has 0 aliphatic heterocycles. The number of urea groups is 1. The van der Waals surface area contributed by atoms with E-state index in [9.17, 15) is 14.7 Å². The fourth-order valence-electron chi connectivity index (χ4n) is 2.66. The molecule has 1 aromatic heterocycles. The summed E-state index contributed by atoms with van der Waals surface area (Å²) in [5, 5.41) is 18.1. The van der Waals surface area contributed by atoms with Gasteiger partial charge in [0.15, 0.2) is 5.76 Å². The molecule has 0 atom stereocenters. The van der Waals surface area contributed by atoms with E-state index in [-0.39, 0.29) is 24.2 Å². The highest BCUT2D eigenvalue weighted by Gasteiger charge is 2.34. The quantitative estimate of drug-likeness (QED) is 0.670. The van der Waals surface area contributed by atoms with Crippen LogP contribution in [0.5, 0.6) is 0 Å². The summed E-state index contributed by atoms with van der Waals surface area (Å²) in [5.74, 6) is -0.102. The Hall–Kier alpha value is -2.80. The number of amides is 3. The van der Waals surface area contributed by atoms with Gasteiger partial charge in [-0.15, -0.1) is 0 Å². The number of furan rings is 1. The van der Waals surface area contributed by atoms with E-state index >= 15 is 0 Å². The van der Waals surface area contributed by atoms with Crippen molar-refractivity contribution in [2.45, 2.75) is 31.8 Å². The number of nitrogens with one attached hydrogen (secondary N) is 3. The van der Waals surface area contributed by atoms with E-state index in [1.54, 1.807) is 30.3 Å². The van der Waals surface area contributed by atoms with Gasteiger partial charge in [0.2, 0.25) is 0 Å². The van der Waals surface area contributed by atoms with Crippen molar-refractivity contribution in [3.05, 3.63) is 47.9 Å². The summed E-state index contributed by atoms with van der Waals surface area (Å²) in [6.45, 7) is 2.08. The number of aryl methyl sites for hydroxylation is 1. The zero-order valence-corrected chi connectivity index (χ0v) is 14.0. The van der Waals surface area contributed by atoms with Gasteiger partial charge in [0.05, 0.1) is 11.9 Å². The van der Waals surface area contributed by atoms with Crippen molar-refractivity contribution in [3.63, 3.8) is 0 Å². The molecule has 7 nitrogen and oxygen atoms in total. The van der Waals surface area contributed by atoms with Gasteiger partial charge in [0.1, 0.15) is 0 Å². The third kappa shape index (κ3) is 4.19. The molecular formula is C18H21N3O4. The van der Waals surface area contributed by atoms with Crippen molar-refractivity contribution in [3.8, 4) is 0 Å². The van der Waals surface area contributed by atoms with Gasteiger partial charge in [-0.1, -0.05) is 0 Å². The van der Waals surface area contributed by atoms with Crippen molar-refractivity contribution in [1.29, 1.82) is 0 Å². The topological polar surface area (TPSA) is 104 Å². The van der Waals surface area contributed by atoms with Crippen LogP contribution in [0.3, 0.4) is 0 Å². The highest BCUT2D eigenvalue weighted by atomic mass is 16.3. The maximum Gasteiger partial charge on any atom is 0.319 e. The fourth-order valence-corrected chi connectivity index (χ4v) is 2.66. The van der Waals surface area contributed by atoms with Crippen molar-refractivity contribution in [1.82, 2.24) is 5.32 Å². The highest BCUT2D eigenvalue weighted by molar-refractivity contribution is 6.02. The van der Waals surface area contributed by atoms with Gasteiger partial charge in [-0.25, -0.2) is 4.79 Å². The summed E-state index contributed by atoms with van der Waals surface area (Å²) in [5.41, 5.74) is 1.28. The molecule has 3 amide bonds. The minimum atomic E-state index is -0.757. The van der Waals surface area contributed by atoms with E-state index in [0.717, 1.165) is 24.8 Å². The number of benzene rings is 1. The maximum absolute atomic E-state index is 12.0. The van der Waals surface area contributed by atoms with Gasteiger partial charge in [-0.3, -0.25) is 4.79 Å². The van der Waals surface area contributed by atoms with E-state index in [1.165, 1.54) is 6.26 Å². The van der Waals surface area contributed by atoms with Crippen LogP contribution in [0.4, 0.5) is 16.2 Å². The molecule has 0 unspecified atom stereocenters. The Morgan fingerprint density at radius 2 is 2.04 bits per heavy atom. The first-order valence-corrected chi connectivity index (χ1v) is 8.18. The first-order chi connectivity index (χ1) is 12.0. The first kappa shape index (κ1) is 17.0. The molecule has 0 bridgehead atoms. The number of hydrogen-bond acceptors (Lipinski definition) is 4. The zero-order valence-electron chi connectivity index (χ0n) is 14.0. The van der Waals surface area contributed by atoms with Gasteiger partial charge < -0.3 is 25.5 Å². The van der Waals surface area contributed by atoms with Crippen LogP contribution in [-0.2, 0) is 0 Å². The Morgan fingerprint density at radius 1 is 1.24 bits per heavy atom. The number of aliphatic hydroxyl groups is 1. The van der Waals surface area contributed by atoms with Crippen molar-refractivity contribution >= 4 is 23.3 Å². The van der Waals surface area contributed by atoms with E-state index in [0.29, 0.717) is 11.4 Å². The first-order valence-electron chi connectivity index (χ1n) is 8.18. The molecule has 0 spiro atoms. The molecule has 2 aromatic rings. The molecule has 3 rings (SSSR count). The third-order valence-corrected chi connectivity index (χ3v) is 4.34. The molecule has 1 aliphatic rings. The van der Waals surface area contributed by atoms with Crippen LogP contribution in [0.2, 0.25) is 0 Å². The van der Waals surface area contributed by atoms with Gasteiger partial charge in [0, 0.05) is 17.9 Å². The lowest BCUT2D eigenvalue weighted by Gasteiger charge is -2.36. The van der Waals surface area contributed by atoms with Crippen LogP contribution >= 0.6 is 0 Å². The Labute approximate surface area is 145 Å². The fraction of sp³-hybridized carbons (Fsp3) is 0.333. The minimum Gasteiger partial charge on any atom is -0.459 e. The molecule has 1 saturated carbocycles. The van der Waals surface area contributed by atoms with Gasteiger partial charge >= 0.3 is 6.03 Å². The molecular weight excluding hydrogens is 322 g/mol. The number of carbonyl (C=O) groups is 2. The van der Waals surface area contributed by atoms with E-state index in [4.69, 9.17) is 4.42 Å². The van der Waals surface area contributed by atoms with E-state index in [1.807, 2.05) is 6.92 Å². The monoisotopic (exact) mass is 343 g/mol. The molecule has 0 radical (unpaired) electrons. The standard InChI is InChI=1S/C18H21N3O4/c1-12-10-13(20-17(23)19-11-18(24)7-3-8-18)5-6-14(12)21-16(22)15-4-2-9-25-15/h2,4-6,9-10,24H,3,7-8,11H2,1H3,(H,21,22)(H2,19,20,23). The molecule has 132 valence electrons. The summed E-state index contributed by atoms with van der Waals surface area (Å²) in [7, 11) is 0. The summed E-state index contributed by atoms with van der Waals surface area (Å²) in [6, 6.07) is 8.03. The summed E-state index contributed by atoms with van der Waals surface area (Å²) in [4.78, 5) is 23.9. The predicted molar refractivity (Wildman–Crippen MR) is 93.7 cm³/mol. The Kier molecular flexibility index (Phi) is 4.76. The zero-order chi connectivity index (χ0) is 17.9. The van der Waals surface area contributed by atoms with Crippen LogP contribution in [0.15, 0.2) is 41.0 Å². The van der Waals surface area contributed by atoms with Gasteiger partial charge in [-0.2, -0.15) is 0 Å². The van der Waals surface area contributed by atoms with Crippen molar-refractivity contribution < 1.29 is 19.1 Å². The maximum atomic E-state index is 12.0. The van der Waals surface area contributed by atoms with E-state index in [2.05, 4.69) is 16.0 Å². The second-order valence-electron chi connectivity index (χ2n) is 6.35. The lowest BCUT2D eigenvalue weighted by atomic mass is 9.80. The molecule has 4 N–H and O–H groups in total. The van der Waals surface area contributed by atoms with E-state index < -0.39 is 5.60 Å². The number of carbonyl (C=O) groups excluding carboxylic acids is 2. The minimum absolute atomic E-state index is 0.231. The van der Waals surface area contributed by atoms with Crippen molar-refractivity contribution in [2.24, 2.45) is 0 Å². The van der Waals surface area contributed by atoms with Gasteiger partial charge in [0.25, 0.3) is 5.91 Å². The number of rotatable bonds is 5. The third-order valence-electron chi connectivity index (χ3n) is 4.34. The number of anilines is 2. The molecule has 1 fully saturated rings. The second-order valence-corrected chi connectivity index (χ2v) is 6.35. The predicted octanol–water partition coefficient (Wildman–Crippen LogP) is 2.88. The Balaban J connectivity index is 1.55. The Morgan fingerprint density at radius 3 is 2.64 bits per heavy atom. The molecule has 1 aromatic carbocycles. The molecule has 1 heterocycles. The normalized spacial score (nSPS) is 15.1. The second kappa shape index (κ2) is 6.98. The van der Waals surface area contributed by atoms with Crippen LogP contribution in [0.25, 0.3) is 0 Å². The molecule has 7 heteroatoms. The lowest BCUT2D eigenvalue weighted by Crippen LogP contribution is -2.48.